The Morgan fingerprint density at radius 1 is 1.23 bits per heavy atom. The molecule has 22 heavy (non-hydrogen) atoms. The van der Waals surface area contributed by atoms with E-state index in [0.717, 1.165) is 44.8 Å². The molecule has 1 aromatic carbocycles. The number of halogens is 1. The van der Waals surface area contributed by atoms with Crippen molar-refractivity contribution >= 4 is 23.2 Å². The fraction of sp³-hybridized carbons (Fsp3) is 0.471. The van der Waals surface area contributed by atoms with E-state index in [1.54, 1.807) is 5.54 Å². The molecule has 1 N–H and O–H groups in total. The lowest BCUT2D eigenvalue weighted by Gasteiger charge is -2.33. The third-order valence-corrected chi connectivity index (χ3v) is 4.14. The van der Waals surface area contributed by atoms with Crippen molar-refractivity contribution in [2.75, 3.05) is 44.6 Å². The second-order valence-corrected chi connectivity index (χ2v) is 5.75. The second-order valence-electron chi connectivity index (χ2n) is 5.50. The van der Waals surface area contributed by atoms with Crippen LogP contribution in [0.5, 0.6) is 0 Å². The van der Waals surface area contributed by atoms with Crippen LogP contribution in [-0.2, 0) is 11.2 Å². The monoisotopic (exact) mass is 321 g/mol. The number of hydrogen-bond donors (Lipinski definition) is 1. The average Bonchev–Trinajstić information content (AvgIpc) is 2.54. The van der Waals surface area contributed by atoms with Gasteiger partial charge in [-0.1, -0.05) is 42.8 Å². The highest BCUT2D eigenvalue weighted by molar-refractivity contribution is 6.25. The van der Waals surface area contributed by atoms with Crippen molar-refractivity contribution in [2.45, 2.75) is 13.3 Å². The number of amides is 1. The van der Waals surface area contributed by atoms with Crippen LogP contribution in [0.25, 0.3) is 0 Å². The number of carbonyl (C=O) groups is 1. The summed E-state index contributed by atoms with van der Waals surface area (Å²) in [6.07, 6.45) is 2.87. The largest absolute Gasteiger partial charge is 0.325 e. The van der Waals surface area contributed by atoms with Gasteiger partial charge < -0.3 is 5.32 Å². The van der Waals surface area contributed by atoms with E-state index in [9.17, 15) is 4.79 Å². The van der Waals surface area contributed by atoms with Gasteiger partial charge in [-0.2, -0.15) is 0 Å². The van der Waals surface area contributed by atoms with Gasteiger partial charge in [-0.3, -0.25) is 14.6 Å². The van der Waals surface area contributed by atoms with Crippen molar-refractivity contribution in [1.82, 2.24) is 9.80 Å². The van der Waals surface area contributed by atoms with Gasteiger partial charge in [-0.25, -0.2) is 0 Å². The fourth-order valence-electron chi connectivity index (χ4n) is 2.66. The molecule has 0 bridgehead atoms. The zero-order valence-electron chi connectivity index (χ0n) is 13.1. The summed E-state index contributed by atoms with van der Waals surface area (Å²) in [5.74, 6) is 0.0648. The quantitative estimate of drug-likeness (QED) is 0.874. The molecule has 0 aromatic heterocycles. The Morgan fingerprint density at radius 2 is 1.91 bits per heavy atom. The van der Waals surface area contributed by atoms with Crippen LogP contribution in [0.1, 0.15) is 12.5 Å². The van der Waals surface area contributed by atoms with Crippen molar-refractivity contribution in [2.24, 2.45) is 0 Å². The summed E-state index contributed by atoms with van der Waals surface area (Å²) < 4.78 is 0. The summed E-state index contributed by atoms with van der Waals surface area (Å²) in [6.45, 7) is 7.21. The Labute approximate surface area is 137 Å². The predicted octanol–water partition coefficient (Wildman–Crippen LogP) is 2.56. The van der Waals surface area contributed by atoms with Crippen LogP contribution in [0.15, 0.2) is 35.9 Å². The minimum absolute atomic E-state index is 0.0648. The molecule has 1 aliphatic rings. The predicted molar refractivity (Wildman–Crippen MR) is 92.3 cm³/mol. The van der Waals surface area contributed by atoms with Gasteiger partial charge in [0, 0.05) is 43.9 Å². The first-order valence-corrected chi connectivity index (χ1v) is 8.24. The Balaban J connectivity index is 1.78. The Hall–Kier alpha value is -1.36. The number of para-hydroxylation sites is 1. The molecule has 1 aromatic rings. The highest BCUT2D eigenvalue weighted by Crippen LogP contribution is 2.15. The fourth-order valence-corrected chi connectivity index (χ4v) is 2.74. The molecule has 1 amide bonds. The van der Waals surface area contributed by atoms with Gasteiger partial charge in [0.15, 0.2) is 0 Å². The van der Waals surface area contributed by atoms with Gasteiger partial charge in [0.2, 0.25) is 5.91 Å². The molecule has 1 aliphatic heterocycles. The minimum atomic E-state index is 0.0648. The molecule has 0 saturated carbocycles. The molecule has 1 fully saturated rings. The van der Waals surface area contributed by atoms with E-state index in [2.05, 4.69) is 28.1 Å². The number of carbonyl (C=O) groups excluding carboxylic acids is 1. The molecule has 1 heterocycles. The molecule has 0 aliphatic carbocycles. The number of piperazine rings is 1. The van der Waals surface area contributed by atoms with Crippen LogP contribution in [0.2, 0.25) is 0 Å². The van der Waals surface area contributed by atoms with Crippen LogP contribution < -0.4 is 5.32 Å². The number of anilines is 1. The first kappa shape index (κ1) is 17.0. The molecular weight excluding hydrogens is 298 g/mol. The summed E-state index contributed by atoms with van der Waals surface area (Å²) in [7, 11) is 0. The van der Waals surface area contributed by atoms with E-state index in [-0.39, 0.29) is 5.91 Å². The van der Waals surface area contributed by atoms with Crippen LogP contribution in [0.4, 0.5) is 5.69 Å². The van der Waals surface area contributed by atoms with E-state index < -0.39 is 0 Å². The van der Waals surface area contributed by atoms with Crippen molar-refractivity contribution in [1.29, 1.82) is 0 Å². The number of rotatable bonds is 6. The van der Waals surface area contributed by atoms with Crippen LogP contribution in [-0.4, -0.2) is 55.0 Å². The number of aryl methyl sites for hydroxylation is 1. The molecule has 4 nitrogen and oxygen atoms in total. The zero-order chi connectivity index (χ0) is 15.8. The third kappa shape index (κ3) is 5.13. The molecule has 0 unspecified atom stereocenters. The summed E-state index contributed by atoms with van der Waals surface area (Å²) in [5.41, 5.74) is 3.67. The first-order chi connectivity index (χ1) is 10.7. The summed E-state index contributed by atoms with van der Waals surface area (Å²) >= 11 is 5.55. The topological polar surface area (TPSA) is 35.6 Å². The lowest BCUT2D eigenvalue weighted by atomic mass is 10.1. The standard InChI is InChI=1S/C17H24ClN3O/c1-2-15-6-3-4-7-16(15)19-17(22)14-21-12-10-20(11-13-21)9-5-8-18/h3-8H,2,9-14H2,1H3,(H,19,22). The Morgan fingerprint density at radius 3 is 2.59 bits per heavy atom. The lowest BCUT2D eigenvalue weighted by Crippen LogP contribution is -2.48. The highest BCUT2D eigenvalue weighted by Gasteiger charge is 2.18. The van der Waals surface area contributed by atoms with E-state index in [4.69, 9.17) is 11.6 Å². The van der Waals surface area contributed by atoms with E-state index in [1.807, 2.05) is 24.3 Å². The van der Waals surface area contributed by atoms with Gasteiger partial charge in [0.25, 0.3) is 0 Å². The maximum absolute atomic E-state index is 12.2. The van der Waals surface area contributed by atoms with Crippen LogP contribution in [0.3, 0.4) is 0 Å². The van der Waals surface area contributed by atoms with Crippen LogP contribution >= 0.6 is 11.6 Å². The molecule has 5 heteroatoms. The van der Waals surface area contributed by atoms with Crippen molar-refractivity contribution in [3.05, 3.63) is 41.4 Å². The SMILES string of the molecule is CCc1ccccc1NC(=O)CN1CCN(CC=CCl)CC1. The molecule has 1 saturated heterocycles. The summed E-state index contributed by atoms with van der Waals surface area (Å²) in [5, 5.41) is 3.03. The summed E-state index contributed by atoms with van der Waals surface area (Å²) in [4.78, 5) is 16.7. The average molecular weight is 322 g/mol. The number of benzene rings is 1. The smallest absolute Gasteiger partial charge is 0.238 e. The van der Waals surface area contributed by atoms with Gasteiger partial charge in [0.1, 0.15) is 0 Å². The van der Waals surface area contributed by atoms with Gasteiger partial charge in [-0.05, 0) is 18.1 Å². The molecule has 120 valence electrons. The normalized spacial score (nSPS) is 17.0. The highest BCUT2D eigenvalue weighted by atomic mass is 35.5. The molecule has 0 radical (unpaired) electrons. The molecule has 0 atom stereocenters. The third-order valence-electron chi connectivity index (χ3n) is 3.96. The minimum Gasteiger partial charge on any atom is -0.325 e. The first-order valence-electron chi connectivity index (χ1n) is 7.80. The maximum atomic E-state index is 12.2. The van der Waals surface area contributed by atoms with Gasteiger partial charge >= 0.3 is 0 Å². The van der Waals surface area contributed by atoms with Crippen LogP contribution in [0, 0.1) is 0 Å². The molecular formula is C17H24ClN3O. The molecule has 0 spiro atoms. The van der Waals surface area contributed by atoms with Gasteiger partial charge in [-0.15, -0.1) is 0 Å². The maximum Gasteiger partial charge on any atom is 0.238 e. The van der Waals surface area contributed by atoms with E-state index in [1.165, 1.54) is 5.56 Å². The van der Waals surface area contributed by atoms with E-state index >= 15 is 0 Å². The number of hydrogen-bond acceptors (Lipinski definition) is 3. The lowest BCUT2D eigenvalue weighted by molar-refractivity contribution is -0.117. The van der Waals surface area contributed by atoms with Crippen molar-refractivity contribution in [3.63, 3.8) is 0 Å². The molecule has 2 rings (SSSR count). The van der Waals surface area contributed by atoms with Gasteiger partial charge in [0.05, 0.1) is 6.54 Å². The Kier molecular flexibility index (Phi) is 6.90. The second kappa shape index (κ2) is 8.93. The number of nitrogens with one attached hydrogen (secondary N) is 1. The number of nitrogens with zero attached hydrogens (tertiary/aromatic N) is 2. The Bertz CT molecular complexity index is 510. The zero-order valence-corrected chi connectivity index (χ0v) is 13.9. The summed E-state index contributed by atoms with van der Waals surface area (Å²) in [6, 6.07) is 7.98. The van der Waals surface area contributed by atoms with Crippen molar-refractivity contribution in [3.8, 4) is 0 Å². The van der Waals surface area contributed by atoms with Crippen molar-refractivity contribution < 1.29 is 4.79 Å². The van der Waals surface area contributed by atoms with E-state index in [0.29, 0.717) is 6.54 Å².